The van der Waals surface area contributed by atoms with Crippen molar-refractivity contribution in [2.45, 2.75) is 63.1 Å². The molecule has 2 heterocycles. The van der Waals surface area contributed by atoms with Gasteiger partial charge in [-0.2, -0.15) is 0 Å². The summed E-state index contributed by atoms with van der Waals surface area (Å²) in [5.41, 5.74) is 2.03. The summed E-state index contributed by atoms with van der Waals surface area (Å²) in [5.74, 6) is 1.83. The van der Waals surface area contributed by atoms with Crippen molar-refractivity contribution < 1.29 is 8.42 Å². The van der Waals surface area contributed by atoms with Gasteiger partial charge in [0.1, 0.15) is 5.82 Å². The van der Waals surface area contributed by atoms with E-state index >= 15 is 0 Å². The van der Waals surface area contributed by atoms with Crippen molar-refractivity contribution in [1.29, 1.82) is 0 Å². The Morgan fingerprint density at radius 2 is 2.00 bits per heavy atom. The van der Waals surface area contributed by atoms with E-state index in [1.807, 2.05) is 6.07 Å². The third-order valence-electron chi connectivity index (χ3n) is 5.41. The summed E-state index contributed by atoms with van der Waals surface area (Å²) in [6.07, 6.45) is 4.15. The second-order valence-electron chi connectivity index (χ2n) is 9.13. The molecule has 1 aromatic carbocycles. The Hall–Kier alpha value is -1.40. The summed E-state index contributed by atoms with van der Waals surface area (Å²) in [7, 11) is -3.29. The molecular weight excluding hydrogens is 346 g/mol. The number of imidazole rings is 1. The number of nitrogens with one attached hydrogen (secondary N) is 1. The topological polar surface area (TPSA) is 64.0 Å². The summed E-state index contributed by atoms with van der Waals surface area (Å²) in [4.78, 5) is 5.28. The average Bonchev–Trinajstić information content (AvgIpc) is 3.06. The molecule has 0 amide bonds. The van der Waals surface area contributed by atoms with Crippen molar-refractivity contribution in [3.05, 3.63) is 24.0 Å². The molecule has 0 bridgehead atoms. The number of nitrogens with zero attached hydrogens (tertiary/aromatic N) is 2. The van der Waals surface area contributed by atoms with E-state index in [2.05, 4.69) is 30.7 Å². The molecule has 1 aliphatic carbocycles. The van der Waals surface area contributed by atoms with Crippen LogP contribution in [0.5, 0.6) is 0 Å². The van der Waals surface area contributed by atoms with Crippen LogP contribution in [-0.4, -0.2) is 36.3 Å². The SMILES string of the molecule is CC(C)(C)Cc1nc2cc(S(=O)(=O)[C@@H]3CCNC3)ccc2n1CC1CC1. The van der Waals surface area contributed by atoms with E-state index in [9.17, 15) is 8.42 Å². The number of hydrogen-bond acceptors (Lipinski definition) is 4. The molecule has 1 saturated carbocycles. The molecule has 5 nitrogen and oxygen atoms in total. The summed E-state index contributed by atoms with van der Waals surface area (Å²) in [6.45, 7) is 8.98. The molecule has 4 rings (SSSR count). The standard InChI is InChI=1S/C20H29N3O2S/c1-20(2,3)11-19-22-17-10-15(26(24,25)16-8-9-21-12-16)6-7-18(17)23(19)13-14-4-5-14/h6-7,10,14,16,21H,4-5,8-9,11-13H2,1-3H3/t16-/m1/s1. The first kappa shape index (κ1) is 18.0. The minimum atomic E-state index is -3.29. The predicted molar refractivity (Wildman–Crippen MR) is 104 cm³/mol. The first-order valence-corrected chi connectivity index (χ1v) is 11.2. The molecule has 0 unspecified atom stereocenters. The number of benzene rings is 1. The van der Waals surface area contributed by atoms with Gasteiger partial charge in [0.05, 0.1) is 21.2 Å². The molecule has 0 spiro atoms. The third-order valence-corrected chi connectivity index (χ3v) is 7.60. The zero-order valence-corrected chi connectivity index (χ0v) is 16.8. The van der Waals surface area contributed by atoms with E-state index in [1.165, 1.54) is 12.8 Å². The van der Waals surface area contributed by atoms with Crippen LogP contribution in [0, 0.1) is 11.3 Å². The Morgan fingerprint density at radius 1 is 1.23 bits per heavy atom. The van der Waals surface area contributed by atoms with E-state index in [4.69, 9.17) is 4.98 Å². The normalized spacial score (nSPS) is 21.6. The molecule has 1 saturated heterocycles. The Bertz CT molecular complexity index is 914. The lowest BCUT2D eigenvalue weighted by molar-refractivity contribution is 0.391. The fraction of sp³-hybridized carbons (Fsp3) is 0.650. The number of aromatic nitrogens is 2. The number of sulfone groups is 1. The molecular formula is C20H29N3O2S. The molecule has 26 heavy (non-hydrogen) atoms. The van der Waals surface area contributed by atoms with Crippen LogP contribution in [0.2, 0.25) is 0 Å². The van der Waals surface area contributed by atoms with Crippen LogP contribution in [0.3, 0.4) is 0 Å². The molecule has 2 aromatic rings. The van der Waals surface area contributed by atoms with Gasteiger partial charge >= 0.3 is 0 Å². The lowest BCUT2D eigenvalue weighted by Crippen LogP contribution is -2.23. The van der Waals surface area contributed by atoms with Crippen LogP contribution in [-0.2, 0) is 22.8 Å². The Balaban J connectivity index is 1.75. The number of rotatable bonds is 5. The molecule has 1 aromatic heterocycles. The fourth-order valence-electron chi connectivity index (χ4n) is 3.79. The van der Waals surface area contributed by atoms with Crippen LogP contribution in [0.4, 0.5) is 0 Å². The van der Waals surface area contributed by atoms with Gasteiger partial charge in [-0.3, -0.25) is 0 Å². The van der Waals surface area contributed by atoms with Gasteiger partial charge < -0.3 is 9.88 Å². The van der Waals surface area contributed by atoms with Gasteiger partial charge in [-0.25, -0.2) is 13.4 Å². The number of hydrogen-bond donors (Lipinski definition) is 1. The fourth-order valence-corrected chi connectivity index (χ4v) is 5.48. The van der Waals surface area contributed by atoms with Crippen LogP contribution >= 0.6 is 0 Å². The van der Waals surface area contributed by atoms with Gasteiger partial charge in [-0.15, -0.1) is 0 Å². The van der Waals surface area contributed by atoms with Crippen molar-refractivity contribution in [2.24, 2.45) is 11.3 Å². The van der Waals surface area contributed by atoms with Gasteiger partial charge in [0, 0.05) is 19.5 Å². The van der Waals surface area contributed by atoms with E-state index in [1.54, 1.807) is 12.1 Å². The maximum atomic E-state index is 12.9. The highest BCUT2D eigenvalue weighted by atomic mass is 32.2. The average molecular weight is 376 g/mol. The zero-order chi connectivity index (χ0) is 18.5. The van der Waals surface area contributed by atoms with Crippen LogP contribution in [0.1, 0.15) is 45.9 Å². The van der Waals surface area contributed by atoms with Crippen LogP contribution in [0.25, 0.3) is 11.0 Å². The summed E-state index contributed by atoms with van der Waals surface area (Å²) in [6, 6.07) is 5.53. The zero-order valence-electron chi connectivity index (χ0n) is 16.0. The summed E-state index contributed by atoms with van der Waals surface area (Å²) in [5, 5.41) is 2.84. The van der Waals surface area contributed by atoms with E-state index in [0.29, 0.717) is 17.9 Å². The highest BCUT2D eigenvalue weighted by Crippen LogP contribution is 2.34. The first-order chi connectivity index (χ1) is 12.2. The summed E-state index contributed by atoms with van der Waals surface area (Å²) < 4.78 is 28.1. The Morgan fingerprint density at radius 3 is 2.62 bits per heavy atom. The minimum absolute atomic E-state index is 0.146. The monoisotopic (exact) mass is 375 g/mol. The molecule has 1 atom stereocenters. The van der Waals surface area contributed by atoms with Crippen molar-refractivity contribution in [3.63, 3.8) is 0 Å². The molecule has 6 heteroatoms. The molecule has 1 aliphatic heterocycles. The van der Waals surface area contributed by atoms with Crippen molar-refractivity contribution in [1.82, 2.24) is 14.9 Å². The van der Waals surface area contributed by atoms with Gasteiger partial charge in [0.15, 0.2) is 9.84 Å². The highest BCUT2D eigenvalue weighted by molar-refractivity contribution is 7.92. The van der Waals surface area contributed by atoms with E-state index in [-0.39, 0.29) is 10.7 Å². The lowest BCUT2D eigenvalue weighted by atomic mass is 9.92. The Kier molecular flexibility index (Phi) is 4.39. The lowest BCUT2D eigenvalue weighted by Gasteiger charge is -2.18. The smallest absolute Gasteiger partial charge is 0.182 e. The van der Waals surface area contributed by atoms with Crippen molar-refractivity contribution >= 4 is 20.9 Å². The van der Waals surface area contributed by atoms with Gasteiger partial charge in [-0.1, -0.05) is 20.8 Å². The van der Waals surface area contributed by atoms with Crippen molar-refractivity contribution in [3.8, 4) is 0 Å². The van der Waals surface area contributed by atoms with Gasteiger partial charge in [0.25, 0.3) is 0 Å². The maximum Gasteiger partial charge on any atom is 0.182 e. The van der Waals surface area contributed by atoms with Crippen LogP contribution in [0.15, 0.2) is 23.1 Å². The third kappa shape index (κ3) is 3.54. The predicted octanol–water partition coefficient (Wildman–Crippen LogP) is 3.17. The molecule has 2 fully saturated rings. The molecule has 1 N–H and O–H groups in total. The minimum Gasteiger partial charge on any atom is -0.328 e. The van der Waals surface area contributed by atoms with Crippen LogP contribution < -0.4 is 5.32 Å². The molecule has 0 radical (unpaired) electrons. The highest BCUT2D eigenvalue weighted by Gasteiger charge is 2.31. The van der Waals surface area contributed by atoms with Crippen molar-refractivity contribution in [2.75, 3.05) is 13.1 Å². The van der Waals surface area contributed by atoms with E-state index < -0.39 is 9.84 Å². The van der Waals surface area contributed by atoms with E-state index in [0.717, 1.165) is 42.3 Å². The quantitative estimate of drug-likeness (QED) is 0.872. The maximum absolute atomic E-state index is 12.9. The number of fused-ring (bicyclic) bond motifs is 1. The molecule has 2 aliphatic rings. The largest absolute Gasteiger partial charge is 0.328 e. The first-order valence-electron chi connectivity index (χ1n) is 9.68. The summed E-state index contributed by atoms with van der Waals surface area (Å²) >= 11 is 0. The second-order valence-corrected chi connectivity index (χ2v) is 11.4. The van der Waals surface area contributed by atoms with Gasteiger partial charge in [-0.05, 0) is 55.3 Å². The van der Waals surface area contributed by atoms with Gasteiger partial charge in [0.2, 0.25) is 0 Å². The molecule has 142 valence electrons. The Labute approximate surface area is 156 Å². The second kappa shape index (κ2) is 6.34.